The molecule has 0 amide bonds. The smallest absolute Gasteiger partial charge is 0.321 e. The first-order valence-corrected chi connectivity index (χ1v) is 5.93. The van der Waals surface area contributed by atoms with E-state index >= 15 is 0 Å². The van der Waals surface area contributed by atoms with E-state index in [-0.39, 0.29) is 19.7 Å². The number of hydrogen-bond donors (Lipinski definition) is 3. The van der Waals surface area contributed by atoms with Crippen LogP contribution in [0.5, 0.6) is 0 Å². The molecule has 0 aromatic carbocycles. The number of hydrogen-bond acceptors (Lipinski definition) is 5. The van der Waals surface area contributed by atoms with Gasteiger partial charge in [-0.25, -0.2) is 0 Å². The lowest BCUT2D eigenvalue weighted by atomic mass is 10.3. The van der Waals surface area contributed by atoms with Crippen LogP contribution in [0.15, 0.2) is 0 Å². The van der Waals surface area contributed by atoms with Crippen molar-refractivity contribution in [3.8, 4) is 0 Å². The van der Waals surface area contributed by atoms with Gasteiger partial charge in [-0.15, -0.1) is 0 Å². The van der Waals surface area contributed by atoms with Crippen LogP contribution in [0.3, 0.4) is 0 Å². The highest BCUT2D eigenvalue weighted by Crippen LogP contribution is 1.93. The second-order valence-corrected chi connectivity index (χ2v) is 4.97. The summed E-state index contributed by atoms with van der Waals surface area (Å²) in [7, 11) is -0.894. The Morgan fingerprint density at radius 2 is 2.19 bits per heavy atom. The molecule has 0 radical (unpaired) electrons. The summed E-state index contributed by atoms with van der Waals surface area (Å²) in [4.78, 5) is 10.4. The maximum Gasteiger partial charge on any atom is 0.321 e. The van der Waals surface area contributed by atoms with Crippen molar-refractivity contribution >= 4 is 16.2 Å². The largest absolute Gasteiger partial charge is 0.480 e. The predicted octanol–water partition coefficient (Wildman–Crippen LogP) is -2.19. The minimum Gasteiger partial charge on any atom is -0.480 e. The first-order valence-electron chi connectivity index (χ1n) is 4.49. The fraction of sp³-hybridized carbons (Fsp3) is 0.857. The molecule has 0 unspecified atom stereocenters. The third-order valence-corrected chi connectivity index (χ3v) is 3.36. The van der Waals surface area contributed by atoms with Gasteiger partial charge in [0.2, 0.25) is 0 Å². The zero-order valence-electron chi connectivity index (χ0n) is 9.21. The number of nitrogens with one attached hydrogen (secondary N) is 1. The average Bonchev–Trinajstić information content (AvgIpc) is 2.22. The number of methoxy groups -OCH3 is 1. The minimum atomic E-state index is -3.70. The van der Waals surface area contributed by atoms with Crippen LogP contribution in [0.2, 0.25) is 0 Å². The van der Waals surface area contributed by atoms with Crippen molar-refractivity contribution in [3.05, 3.63) is 0 Å². The third-order valence-electron chi connectivity index (χ3n) is 1.82. The van der Waals surface area contributed by atoms with E-state index in [1.165, 1.54) is 14.2 Å². The van der Waals surface area contributed by atoms with Gasteiger partial charge in [-0.2, -0.15) is 17.4 Å². The molecule has 0 aliphatic heterocycles. The fourth-order valence-electron chi connectivity index (χ4n) is 0.733. The lowest BCUT2D eigenvalue weighted by Crippen LogP contribution is -2.47. The number of nitrogens with two attached hydrogens (primary N) is 1. The first kappa shape index (κ1) is 15.3. The van der Waals surface area contributed by atoms with Gasteiger partial charge in [-0.05, 0) is 0 Å². The molecule has 9 heteroatoms. The van der Waals surface area contributed by atoms with Crippen molar-refractivity contribution in [2.75, 3.05) is 33.9 Å². The number of likely N-dealkylation sites (N-methyl/N-ethyl adjacent to an activating group) is 1. The highest BCUT2D eigenvalue weighted by atomic mass is 32.2. The normalized spacial score (nSPS) is 14.0. The van der Waals surface area contributed by atoms with Crippen molar-refractivity contribution in [1.82, 2.24) is 9.03 Å². The molecular formula is C7H17N3O5S. The maximum atomic E-state index is 11.5. The number of ether oxygens (including phenoxy) is 1. The molecule has 0 saturated carbocycles. The van der Waals surface area contributed by atoms with E-state index < -0.39 is 22.2 Å². The molecule has 0 spiro atoms. The Hall–Kier alpha value is -0.740. The molecule has 0 aromatic rings. The molecule has 0 aromatic heterocycles. The van der Waals surface area contributed by atoms with E-state index in [1.807, 2.05) is 0 Å². The van der Waals surface area contributed by atoms with Crippen molar-refractivity contribution in [2.24, 2.45) is 5.73 Å². The van der Waals surface area contributed by atoms with Crippen LogP contribution in [0.4, 0.5) is 0 Å². The van der Waals surface area contributed by atoms with Gasteiger partial charge in [0.1, 0.15) is 6.04 Å². The van der Waals surface area contributed by atoms with Crippen LogP contribution in [0.25, 0.3) is 0 Å². The molecule has 16 heavy (non-hydrogen) atoms. The van der Waals surface area contributed by atoms with E-state index in [0.717, 1.165) is 4.31 Å². The van der Waals surface area contributed by atoms with Gasteiger partial charge in [0.05, 0.1) is 6.61 Å². The number of carboxylic acid groups (broad SMARTS) is 1. The second-order valence-electron chi connectivity index (χ2n) is 3.11. The van der Waals surface area contributed by atoms with Gasteiger partial charge in [0.15, 0.2) is 0 Å². The Balaban J connectivity index is 4.19. The van der Waals surface area contributed by atoms with Crippen LogP contribution in [-0.2, 0) is 19.7 Å². The Morgan fingerprint density at radius 1 is 1.62 bits per heavy atom. The van der Waals surface area contributed by atoms with Crippen LogP contribution in [-0.4, -0.2) is 63.7 Å². The number of carbonyl (C=O) groups is 1. The molecule has 0 bridgehead atoms. The Bertz CT molecular complexity index is 318. The lowest BCUT2D eigenvalue weighted by molar-refractivity contribution is -0.138. The van der Waals surface area contributed by atoms with E-state index in [1.54, 1.807) is 0 Å². The van der Waals surface area contributed by atoms with E-state index in [0.29, 0.717) is 0 Å². The Kier molecular flexibility index (Phi) is 6.45. The number of nitrogens with zero attached hydrogens (tertiary/aromatic N) is 1. The number of rotatable bonds is 8. The molecule has 0 heterocycles. The quantitative estimate of drug-likeness (QED) is 0.453. The van der Waals surface area contributed by atoms with Gasteiger partial charge >= 0.3 is 5.97 Å². The second kappa shape index (κ2) is 6.76. The van der Waals surface area contributed by atoms with Crippen LogP contribution in [0, 0.1) is 0 Å². The molecule has 96 valence electrons. The predicted molar refractivity (Wildman–Crippen MR) is 57.0 cm³/mol. The van der Waals surface area contributed by atoms with Crippen LogP contribution < -0.4 is 10.5 Å². The van der Waals surface area contributed by atoms with Crippen LogP contribution in [0.1, 0.15) is 0 Å². The lowest BCUT2D eigenvalue weighted by Gasteiger charge is -2.17. The highest BCUT2D eigenvalue weighted by molar-refractivity contribution is 7.87. The topological polar surface area (TPSA) is 122 Å². The van der Waals surface area contributed by atoms with Gasteiger partial charge in [-0.1, -0.05) is 0 Å². The van der Waals surface area contributed by atoms with Gasteiger partial charge in [0, 0.05) is 27.2 Å². The molecule has 0 rings (SSSR count). The zero-order valence-corrected chi connectivity index (χ0v) is 10.0. The molecule has 0 aliphatic carbocycles. The highest BCUT2D eigenvalue weighted by Gasteiger charge is 2.20. The fourth-order valence-corrected chi connectivity index (χ4v) is 1.66. The standard InChI is InChI=1S/C7H17N3O5S/c1-10(3-4-15-2)16(13,14)9-5-6(8)7(11)12/h6,9H,3-5,8H2,1-2H3,(H,11,12)/t6-/m0/s1. The summed E-state index contributed by atoms with van der Waals surface area (Å²) in [6.45, 7) is 0.0749. The molecule has 4 N–H and O–H groups in total. The summed E-state index contributed by atoms with van der Waals surface area (Å²) in [5, 5.41) is 8.47. The van der Waals surface area contributed by atoms with Gasteiger partial charge in [0.25, 0.3) is 10.2 Å². The van der Waals surface area contributed by atoms with E-state index in [4.69, 9.17) is 15.6 Å². The van der Waals surface area contributed by atoms with Gasteiger partial charge in [-0.3, -0.25) is 4.79 Å². The van der Waals surface area contributed by atoms with Crippen molar-refractivity contribution in [1.29, 1.82) is 0 Å². The molecule has 0 fully saturated rings. The van der Waals surface area contributed by atoms with Crippen molar-refractivity contribution < 1.29 is 23.1 Å². The summed E-state index contributed by atoms with van der Waals surface area (Å²) in [6.07, 6.45) is 0. The summed E-state index contributed by atoms with van der Waals surface area (Å²) >= 11 is 0. The van der Waals surface area contributed by atoms with Gasteiger partial charge < -0.3 is 15.6 Å². The number of aliphatic carboxylic acids is 1. The molecule has 8 nitrogen and oxygen atoms in total. The molecule has 0 saturated heterocycles. The average molecular weight is 255 g/mol. The SMILES string of the molecule is COCCN(C)S(=O)(=O)NC[C@H](N)C(=O)O. The van der Waals surface area contributed by atoms with E-state index in [9.17, 15) is 13.2 Å². The maximum absolute atomic E-state index is 11.5. The van der Waals surface area contributed by atoms with Crippen molar-refractivity contribution in [3.63, 3.8) is 0 Å². The summed E-state index contributed by atoms with van der Waals surface area (Å²) in [5.74, 6) is -1.26. The van der Waals surface area contributed by atoms with Crippen LogP contribution >= 0.6 is 0 Å². The third kappa shape index (κ3) is 5.37. The zero-order chi connectivity index (χ0) is 12.8. The molecular weight excluding hydrogens is 238 g/mol. The monoisotopic (exact) mass is 255 g/mol. The molecule has 1 atom stereocenters. The summed E-state index contributed by atoms with van der Waals surface area (Å²) in [6, 6.07) is -1.26. The number of carboxylic acids is 1. The van der Waals surface area contributed by atoms with E-state index in [2.05, 4.69) is 4.72 Å². The Labute approximate surface area is 94.5 Å². The molecule has 0 aliphatic rings. The summed E-state index contributed by atoms with van der Waals surface area (Å²) in [5.41, 5.74) is 5.15. The minimum absolute atomic E-state index is 0.175. The Morgan fingerprint density at radius 3 is 2.62 bits per heavy atom. The first-order chi connectivity index (χ1) is 7.31. The summed E-state index contributed by atoms with van der Waals surface area (Å²) < 4.78 is 30.8. The van der Waals surface area contributed by atoms with Crippen molar-refractivity contribution in [2.45, 2.75) is 6.04 Å².